The number of hydrogen-bond donors (Lipinski definition) is 0. The average molecular weight is 282 g/mol. The maximum atomic E-state index is 12.8. The summed E-state index contributed by atoms with van der Waals surface area (Å²) in [5.41, 5.74) is 0. The number of halogens is 6. The third-order valence-electron chi connectivity index (χ3n) is 2.02. The van der Waals surface area contributed by atoms with Crippen LogP contribution in [0.1, 0.15) is 26.7 Å². The van der Waals surface area contributed by atoms with Crippen LogP contribution in [0.4, 0.5) is 26.3 Å². The summed E-state index contributed by atoms with van der Waals surface area (Å²) < 4.78 is 82.6. The van der Waals surface area contributed by atoms with Gasteiger partial charge >= 0.3 is 12.1 Å². The summed E-state index contributed by atoms with van der Waals surface area (Å²) in [5, 5.41) is 0. The first-order valence-corrected chi connectivity index (χ1v) is 5.43. The van der Waals surface area contributed by atoms with E-state index in [1.165, 1.54) is 6.92 Å². The molecule has 18 heavy (non-hydrogen) atoms. The molecule has 0 radical (unpaired) electrons. The van der Waals surface area contributed by atoms with Crippen LogP contribution < -0.4 is 0 Å². The molecule has 0 aromatic rings. The number of alkyl halides is 6. The van der Waals surface area contributed by atoms with Crippen molar-refractivity contribution in [2.24, 2.45) is 0 Å². The van der Waals surface area contributed by atoms with Gasteiger partial charge in [-0.2, -0.15) is 13.2 Å². The largest absolute Gasteiger partial charge is 0.425 e. The van der Waals surface area contributed by atoms with Crippen LogP contribution in [0.15, 0.2) is 0 Å². The van der Waals surface area contributed by atoms with E-state index in [4.69, 9.17) is 4.74 Å². The molecule has 110 valence electrons. The number of ether oxygens (including phenoxy) is 2. The van der Waals surface area contributed by atoms with E-state index in [1.807, 2.05) is 6.92 Å². The van der Waals surface area contributed by atoms with Gasteiger partial charge in [-0.25, -0.2) is 13.2 Å². The van der Waals surface area contributed by atoms with Crippen molar-refractivity contribution in [3.05, 3.63) is 0 Å². The van der Waals surface area contributed by atoms with Crippen molar-refractivity contribution < 1.29 is 35.8 Å². The first kappa shape index (κ1) is 17.5. The average Bonchev–Trinajstić information content (AvgIpc) is 2.24. The molecular weight excluding hydrogens is 266 g/mol. The summed E-state index contributed by atoms with van der Waals surface area (Å²) in [4.78, 5) is 0. The molecule has 0 amide bonds. The Morgan fingerprint density at radius 3 is 2.06 bits per heavy atom. The summed E-state index contributed by atoms with van der Waals surface area (Å²) in [7, 11) is 0. The molecule has 0 N–H and O–H groups in total. The zero-order valence-electron chi connectivity index (χ0n) is 10.1. The third-order valence-corrected chi connectivity index (χ3v) is 2.02. The van der Waals surface area contributed by atoms with E-state index in [0.717, 1.165) is 6.42 Å². The molecule has 0 bridgehead atoms. The fourth-order valence-electron chi connectivity index (χ4n) is 0.983. The second-order valence-electron chi connectivity index (χ2n) is 3.77. The molecule has 0 rings (SSSR count). The minimum atomic E-state index is -5.61. The van der Waals surface area contributed by atoms with Gasteiger partial charge in [-0.05, 0) is 13.3 Å². The number of rotatable bonds is 8. The molecule has 2 nitrogen and oxygen atoms in total. The second kappa shape index (κ2) is 7.18. The Morgan fingerprint density at radius 1 is 1.06 bits per heavy atom. The molecule has 0 spiro atoms. The molecule has 2 unspecified atom stereocenters. The lowest BCUT2D eigenvalue weighted by atomic mass is 10.2. The maximum absolute atomic E-state index is 12.8. The number of hydrogen-bond acceptors (Lipinski definition) is 2. The van der Waals surface area contributed by atoms with Gasteiger partial charge in [-0.1, -0.05) is 13.3 Å². The Morgan fingerprint density at radius 2 is 1.61 bits per heavy atom. The topological polar surface area (TPSA) is 18.5 Å². The monoisotopic (exact) mass is 282 g/mol. The molecule has 2 atom stereocenters. The second-order valence-corrected chi connectivity index (χ2v) is 3.77. The number of unbranched alkanes of at least 4 members (excludes halogenated alkanes) is 1. The third kappa shape index (κ3) is 6.44. The van der Waals surface area contributed by atoms with Crippen molar-refractivity contribution in [2.75, 3.05) is 13.2 Å². The lowest BCUT2D eigenvalue weighted by molar-refractivity contribution is -0.268. The van der Waals surface area contributed by atoms with Crippen LogP contribution in [0.2, 0.25) is 0 Å². The molecule has 0 fully saturated rings. The van der Waals surface area contributed by atoms with Crippen LogP contribution in [0, 0.1) is 0 Å². The Labute approximate surface area is 101 Å². The summed E-state index contributed by atoms with van der Waals surface area (Å²) in [5.74, 6) is -4.62. The predicted molar refractivity (Wildman–Crippen MR) is 52.2 cm³/mol. The zero-order chi connectivity index (χ0) is 14.4. The van der Waals surface area contributed by atoms with E-state index in [1.54, 1.807) is 0 Å². The first-order valence-electron chi connectivity index (χ1n) is 5.43. The van der Waals surface area contributed by atoms with Crippen LogP contribution >= 0.6 is 0 Å². The van der Waals surface area contributed by atoms with E-state index < -0.39 is 31.2 Å². The standard InChI is InChI=1S/C10H16F6O2/c1-3-4-5-17-7(2)18-6-9(12,13)8(11)10(14,15)16/h7-8H,3-6H2,1-2H3. The van der Waals surface area contributed by atoms with Gasteiger partial charge in [0.1, 0.15) is 6.61 Å². The highest BCUT2D eigenvalue weighted by Gasteiger charge is 2.57. The highest BCUT2D eigenvalue weighted by Crippen LogP contribution is 2.35. The van der Waals surface area contributed by atoms with Crippen molar-refractivity contribution in [3.63, 3.8) is 0 Å². The van der Waals surface area contributed by atoms with Crippen molar-refractivity contribution in [3.8, 4) is 0 Å². The van der Waals surface area contributed by atoms with Gasteiger partial charge in [0.15, 0.2) is 6.29 Å². The normalized spacial score (nSPS) is 16.7. The van der Waals surface area contributed by atoms with E-state index in [-0.39, 0.29) is 6.61 Å². The Bertz CT molecular complexity index is 231. The van der Waals surface area contributed by atoms with Crippen molar-refractivity contribution in [1.82, 2.24) is 0 Å². The molecule has 0 aromatic heterocycles. The first-order chi connectivity index (χ1) is 8.11. The highest BCUT2D eigenvalue weighted by atomic mass is 19.4. The quantitative estimate of drug-likeness (QED) is 0.384. The van der Waals surface area contributed by atoms with Gasteiger partial charge in [0.05, 0.1) is 0 Å². The molecule has 0 heterocycles. The summed E-state index contributed by atoms with van der Waals surface area (Å²) in [6, 6.07) is 0. The van der Waals surface area contributed by atoms with E-state index in [9.17, 15) is 26.3 Å². The summed E-state index contributed by atoms with van der Waals surface area (Å²) >= 11 is 0. The SMILES string of the molecule is CCCCOC(C)OCC(F)(F)C(F)C(F)(F)F. The fraction of sp³-hybridized carbons (Fsp3) is 1.00. The van der Waals surface area contributed by atoms with Gasteiger partial charge in [0.25, 0.3) is 6.17 Å². The van der Waals surface area contributed by atoms with Gasteiger partial charge in [0.2, 0.25) is 0 Å². The van der Waals surface area contributed by atoms with Crippen LogP contribution in [-0.2, 0) is 9.47 Å². The Hall–Kier alpha value is -0.500. The molecule has 8 heteroatoms. The highest BCUT2D eigenvalue weighted by molar-refractivity contribution is 4.82. The molecule has 0 saturated heterocycles. The summed E-state index contributed by atoms with van der Waals surface area (Å²) in [6.07, 6.45) is -9.49. The van der Waals surface area contributed by atoms with Gasteiger partial charge in [0, 0.05) is 6.61 Å². The summed E-state index contributed by atoms with van der Waals surface area (Å²) in [6.45, 7) is 1.69. The Balaban J connectivity index is 4.10. The smallest absolute Gasteiger partial charge is 0.353 e. The molecule has 0 aliphatic heterocycles. The lowest BCUT2D eigenvalue weighted by Gasteiger charge is -2.24. The van der Waals surface area contributed by atoms with E-state index >= 15 is 0 Å². The molecule has 0 saturated carbocycles. The van der Waals surface area contributed by atoms with Gasteiger partial charge in [-0.3, -0.25) is 0 Å². The van der Waals surface area contributed by atoms with E-state index in [2.05, 4.69) is 4.74 Å². The lowest BCUT2D eigenvalue weighted by Crippen LogP contribution is -2.45. The minimum Gasteiger partial charge on any atom is -0.353 e. The minimum absolute atomic E-state index is 0.238. The van der Waals surface area contributed by atoms with Crippen LogP contribution in [0.3, 0.4) is 0 Å². The zero-order valence-corrected chi connectivity index (χ0v) is 10.1. The fourth-order valence-corrected chi connectivity index (χ4v) is 0.983. The van der Waals surface area contributed by atoms with Crippen LogP contribution in [0.5, 0.6) is 0 Å². The van der Waals surface area contributed by atoms with Gasteiger partial charge < -0.3 is 9.47 Å². The van der Waals surface area contributed by atoms with Crippen LogP contribution in [-0.4, -0.2) is 37.8 Å². The van der Waals surface area contributed by atoms with E-state index in [0.29, 0.717) is 6.42 Å². The Kier molecular flexibility index (Phi) is 6.98. The maximum Gasteiger partial charge on any atom is 0.425 e. The van der Waals surface area contributed by atoms with Crippen LogP contribution in [0.25, 0.3) is 0 Å². The van der Waals surface area contributed by atoms with Crippen molar-refractivity contribution in [1.29, 1.82) is 0 Å². The molecule has 0 aliphatic carbocycles. The van der Waals surface area contributed by atoms with Crippen molar-refractivity contribution >= 4 is 0 Å². The molecule has 0 aliphatic rings. The predicted octanol–water partition coefficient (Wildman–Crippen LogP) is 3.70. The molecular formula is C10H16F6O2. The van der Waals surface area contributed by atoms with Gasteiger partial charge in [-0.15, -0.1) is 0 Å². The molecule has 0 aromatic carbocycles. The van der Waals surface area contributed by atoms with Crippen molar-refractivity contribution in [2.45, 2.75) is 51.2 Å².